The minimum absolute atomic E-state index is 0.209. The molecule has 0 aliphatic carbocycles. The van der Waals surface area contributed by atoms with Gasteiger partial charge < -0.3 is 9.47 Å². The summed E-state index contributed by atoms with van der Waals surface area (Å²) in [6, 6.07) is 6.39. The van der Waals surface area contributed by atoms with Crippen LogP contribution in [0.2, 0.25) is 5.02 Å². The molecule has 0 unspecified atom stereocenters. The van der Waals surface area contributed by atoms with Crippen LogP contribution in [-0.4, -0.2) is 43.8 Å². The molecule has 0 aromatic heterocycles. The third-order valence-electron chi connectivity index (χ3n) is 3.89. The second-order valence-electron chi connectivity index (χ2n) is 5.41. The summed E-state index contributed by atoms with van der Waals surface area (Å²) >= 11 is 6.19. The molecule has 0 saturated carbocycles. The molecule has 1 saturated heterocycles. The van der Waals surface area contributed by atoms with Crippen LogP contribution in [0.15, 0.2) is 18.2 Å². The summed E-state index contributed by atoms with van der Waals surface area (Å²) in [5, 5.41) is 0.762. The Morgan fingerprint density at radius 3 is 2.76 bits per heavy atom. The molecule has 5 heteroatoms. The average molecular weight is 312 g/mol. The van der Waals surface area contributed by atoms with Crippen LogP contribution in [0.25, 0.3) is 0 Å². The van der Waals surface area contributed by atoms with Crippen molar-refractivity contribution >= 4 is 17.6 Å². The standard InChI is InChI=1S/C16H22ClNO3/c1-12-3-4-13(9-15(12)17)10-18(11-16(19)20-2)14-5-7-21-8-6-14/h3-4,9,14H,5-8,10-11H2,1-2H3. The third-order valence-corrected chi connectivity index (χ3v) is 4.30. The van der Waals surface area contributed by atoms with Gasteiger partial charge in [-0.25, -0.2) is 0 Å². The zero-order chi connectivity index (χ0) is 15.2. The molecule has 21 heavy (non-hydrogen) atoms. The molecule has 116 valence electrons. The second kappa shape index (κ2) is 7.78. The van der Waals surface area contributed by atoms with Crippen molar-refractivity contribution in [2.75, 3.05) is 26.9 Å². The van der Waals surface area contributed by atoms with Crippen LogP contribution in [0.3, 0.4) is 0 Å². The first-order valence-corrected chi connectivity index (χ1v) is 7.61. The molecule has 0 spiro atoms. The van der Waals surface area contributed by atoms with Gasteiger partial charge in [-0.15, -0.1) is 0 Å². The Morgan fingerprint density at radius 1 is 1.43 bits per heavy atom. The van der Waals surface area contributed by atoms with Crippen molar-refractivity contribution in [1.29, 1.82) is 0 Å². The highest BCUT2D eigenvalue weighted by atomic mass is 35.5. The van der Waals surface area contributed by atoms with E-state index in [0.29, 0.717) is 19.1 Å². The zero-order valence-corrected chi connectivity index (χ0v) is 13.4. The third kappa shape index (κ3) is 4.70. The summed E-state index contributed by atoms with van der Waals surface area (Å²) in [5.41, 5.74) is 2.17. The van der Waals surface area contributed by atoms with Crippen molar-refractivity contribution < 1.29 is 14.3 Å². The molecular weight excluding hydrogens is 290 g/mol. The molecule has 1 aliphatic heterocycles. The highest BCUT2D eigenvalue weighted by Gasteiger charge is 2.24. The summed E-state index contributed by atoms with van der Waals surface area (Å²) < 4.78 is 10.2. The number of methoxy groups -OCH3 is 1. The molecule has 0 amide bonds. The molecule has 4 nitrogen and oxygen atoms in total. The predicted octanol–water partition coefficient (Wildman–Crippen LogP) is 2.80. The maximum Gasteiger partial charge on any atom is 0.319 e. The van der Waals surface area contributed by atoms with Gasteiger partial charge in [0.2, 0.25) is 0 Å². The average Bonchev–Trinajstić information content (AvgIpc) is 2.51. The zero-order valence-electron chi connectivity index (χ0n) is 12.6. The van der Waals surface area contributed by atoms with E-state index in [1.54, 1.807) is 0 Å². The van der Waals surface area contributed by atoms with Crippen molar-refractivity contribution in [2.45, 2.75) is 32.4 Å². The smallest absolute Gasteiger partial charge is 0.319 e. The second-order valence-corrected chi connectivity index (χ2v) is 5.82. The fraction of sp³-hybridized carbons (Fsp3) is 0.562. The fourth-order valence-electron chi connectivity index (χ4n) is 2.56. The predicted molar refractivity (Wildman–Crippen MR) is 82.5 cm³/mol. The Bertz CT molecular complexity index is 486. The van der Waals surface area contributed by atoms with E-state index in [9.17, 15) is 4.79 Å². The van der Waals surface area contributed by atoms with Gasteiger partial charge in [0.05, 0.1) is 13.7 Å². The van der Waals surface area contributed by atoms with E-state index < -0.39 is 0 Å². The highest BCUT2D eigenvalue weighted by molar-refractivity contribution is 6.31. The van der Waals surface area contributed by atoms with Crippen molar-refractivity contribution in [3.63, 3.8) is 0 Å². The number of benzene rings is 1. The number of esters is 1. The maximum atomic E-state index is 11.7. The Balaban J connectivity index is 2.09. The van der Waals surface area contributed by atoms with Crippen molar-refractivity contribution in [3.8, 4) is 0 Å². The number of rotatable bonds is 5. The van der Waals surface area contributed by atoms with Gasteiger partial charge in [-0.05, 0) is 37.0 Å². The lowest BCUT2D eigenvalue weighted by Gasteiger charge is -2.33. The number of ether oxygens (including phenoxy) is 2. The van der Waals surface area contributed by atoms with Crippen LogP contribution in [-0.2, 0) is 20.8 Å². The van der Waals surface area contributed by atoms with Gasteiger partial charge in [-0.2, -0.15) is 0 Å². The molecule has 1 aromatic rings. The normalized spacial score (nSPS) is 16.2. The van der Waals surface area contributed by atoms with E-state index in [0.717, 1.165) is 42.2 Å². The maximum absolute atomic E-state index is 11.7. The molecule has 0 atom stereocenters. The first-order valence-electron chi connectivity index (χ1n) is 7.24. The topological polar surface area (TPSA) is 38.8 Å². The molecule has 0 N–H and O–H groups in total. The van der Waals surface area contributed by atoms with Gasteiger partial charge in [0, 0.05) is 30.8 Å². The fourth-order valence-corrected chi connectivity index (χ4v) is 2.77. The summed E-state index contributed by atoms with van der Waals surface area (Å²) in [6.45, 7) is 4.47. The Labute approximate surface area is 131 Å². The number of hydrogen-bond donors (Lipinski definition) is 0. The van der Waals surface area contributed by atoms with E-state index in [-0.39, 0.29) is 5.97 Å². The molecule has 0 bridgehead atoms. The van der Waals surface area contributed by atoms with Crippen LogP contribution in [0.1, 0.15) is 24.0 Å². The molecule has 1 fully saturated rings. The molecule has 1 heterocycles. The lowest BCUT2D eigenvalue weighted by Crippen LogP contribution is -2.42. The Morgan fingerprint density at radius 2 is 2.14 bits per heavy atom. The van der Waals surface area contributed by atoms with Gasteiger partial charge in [0.1, 0.15) is 0 Å². The highest BCUT2D eigenvalue weighted by Crippen LogP contribution is 2.21. The summed E-state index contributed by atoms with van der Waals surface area (Å²) in [7, 11) is 1.42. The summed E-state index contributed by atoms with van der Waals surface area (Å²) in [4.78, 5) is 13.8. The lowest BCUT2D eigenvalue weighted by atomic mass is 10.1. The van der Waals surface area contributed by atoms with E-state index in [1.165, 1.54) is 7.11 Å². The van der Waals surface area contributed by atoms with E-state index in [1.807, 2.05) is 19.1 Å². The summed E-state index contributed by atoms with van der Waals surface area (Å²) in [5.74, 6) is -0.209. The molecular formula is C16H22ClNO3. The van der Waals surface area contributed by atoms with E-state index in [4.69, 9.17) is 21.1 Å². The molecule has 1 aliphatic rings. The molecule has 0 radical (unpaired) electrons. The Hall–Kier alpha value is -1.10. The number of carbonyl (C=O) groups is 1. The van der Waals surface area contributed by atoms with Crippen LogP contribution >= 0.6 is 11.6 Å². The van der Waals surface area contributed by atoms with Crippen molar-refractivity contribution in [1.82, 2.24) is 4.90 Å². The van der Waals surface area contributed by atoms with Gasteiger partial charge >= 0.3 is 5.97 Å². The quantitative estimate of drug-likeness (QED) is 0.784. The van der Waals surface area contributed by atoms with Crippen molar-refractivity contribution in [3.05, 3.63) is 34.3 Å². The molecule has 1 aromatic carbocycles. The van der Waals surface area contributed by atoms with Gasteiger partial charge in [0.25, 0.3) is 0 Å². The minimum Gasteiger partial charge on any atom is -0.468 e. The Kier molecular flexibility index (Phi) is 6.03. The first kappa shape index (κ1) is 16.3. The molecule has 2 rings (SSSR count). The SMILES string of the molecule is COC(=O)CN(Cc1ccc(C)c(Cl)c1)C1CCOCC1. The van der Waals surface area contributed by atoms with Gasteiger partial charge in [-0.3, -0.25) is 9.69 Å². The van der Waals surface area contributed by atoms with Crippen LogP contribution in [0.4, 0.5) is 0 Å². The lowest BCUT2D eigenvalue weighted by molar-refractivity contribution is -0.143. The van der Waals surface area contributed by atoms with E-state index in [2.05, 4.69) is 11.0 Å². The number of carbonyl (C=O) groups excluding carboxylic acids is 1. The first-order chi connectivity index (χ1) is 10.1. The van der Waals surface area contributed by atoms with Crippen molar-refractivity contribution in [2.24, 2.45) is 0 Å². The van der Waals surface area contributed by atoms with Crippen LogP contribution in [0, 0.1) is 6.92 Å². The van der Waals surface area contributed by atoms with Gasteiger partial charge in [-0.1, -0.05) is 23.7 Å². The number of halogens is 1. The minimum atomic E-state index is -0.209. The number of hydrogen-bond acceptors (Lipinski definition) is 4. The van der Waals surface area contributed by atoms with Crippen LogP contribution < -0.4 is 0 Å². The summed E-state index contributed by atoms with van der Waals surface area (Å²) in [6.07, 6.45) is 1.88. The van der Waals surface area contributed by atoms with Gasteiger partial charge in [0.15, 0.2) is 0 Å². The van der Waals surface area contributed by atoms with E-state index >= 15 is 0 Å². The number of nitrogens with zero attached hydrogens (tertiary/aromatic N) is 1. The monoisotopic (exact) mass is 311 g/mol. The largest absolute Gasteiger partial charge is 0.468 e. The number of aryl methyl sites for hydroxylation is 1. The van der Waals surface area contributed by atoms with Crippen LogP contribution in [0.5, 0.6) is 0 Å².